The van der Waals surface area contributed by atoms with Crippen LogP contribution in [-0.2, 0) is 0 Å². The summed E-state index contributed by atoms with van der Waals surface area (Å²) in [6.07, 6.45) is 2.02. The average Bonchev–Trinajstić information content (AvgIpc) is 2.25. The third-order valence-corrected chi connectivity index (χ3v) is 3.30. The number of anilines is 1. The van der Waals surface area contributed by atoms with Gasteiger partial charge in [0, 0.05) is 17.9 Å². The number of nitrogens with zero attached hydrogens (tertiary/aromatic N) is 1. The molecule has 1 rings (SSSR count). The van der Waals surface area contributed by atoms with Crippen molar-refractivity contribution in [2.24, 2.45) is 0 Å². The van der Waals surface area contributed by atoms with Crippen molar-refractivity contribution in [2.45, 2.75) is 19.1 Å². The van der Waals surface area contributed by atoms with Crippen LogP contribution in [0.4, 0.5) is 11.4 Å². The molecule has 0 amide bonds. The molecule has 0 aliphatic carbocycles. The van der Waals surface area contributed by atoms with E-state index in [1.165, 1.54) is 0 Å². The molecule has 0 saturated heterocycles. The number of rotatable bonds is 5. The summed E-state index contributed by atoms with van der Waals surface area (Å²) < 4.78 is 0. The Kier molecular flexibility index (Phi) is 4.61. The fraction of sp³-hybridized carbons (Fsp3) is 0.455. The molecular formula is C11H16N2O2S. The topological polar surface area (TPSA) is 55.2 Å². The van der Waals surface area contributed by atoms with Gasteiger partial charge < -0.3 is 5.32 Å². The molecule has 0 aliphatic rings. The highest BCUT2D eigenvalue weighted by Gasteiger charge is 2.13. The molecule has 1 unspecified atom stereocenters. The van der Waals surface area contributed by atoms with E-state index in [1.807, 2.05) is 19.2 Å². The maximum Gasteiger partial charge on any atom is 0.292 e. The summed E-state index contributed by atoms with van der Waals surface area (Å²) in [5.41, 5.74) is 1.76. The quantitative estimate of drug-likeness (QED) is 0.634. The molecule has 0 aromatic heterocycles. The van der Waals surface area contributed by atoms with Gasteiger partial charge in [-0.25, -0.2) is 0 Å². The Hall–Kier alpha value is -1.23. The van der Waals surface area contributed by atoms with Gasteiger partial charge in [0.05, 0.1) is 4.92 Å². The second kappa shape index (κ2) is 5.75. The van der Waals surface area contributed by atoms with E-state index in [0.717, 1.165) is 12.1 Å². The van der Waals surface area contributed by atoms with Crippen LogP contribution >= 0.6 is 11.8 Å². The van der Waals surface area contributed by atoms with Gasteiger partial charge in [-0.1, -0.05) is 13.0 Å². The average molecular weight is 240 g/mol. The summed E-state index contributed by atoms with van der Waals surface area (Å²) in [6, 6.07) is 5.11. The highest BCUT2D eigenvalue weighted by Crippen LogP contribution is 2.25. The van der Waals surface area contributed by atoms with Crippen LogP contribution in [0.3, 0.4) is 0 Å². The zero-order chi connectivity index (χ0) is 12.1. The lowest BCUT2D eigenvalue weighted by molar-refractivity contribution is -0.384. The molecule has 16 heavy (non-hydrogen) atoms. The van der Waals surface area contributed by atoms with Crippen LogP contribution in [-0.4, -0.2) is 23.0 Å². The van der Waals surface area contributed by atoms with Crippen molar-refractivity contribution in [3.05, 3.63) is 33.9 Å². The largest absolute Gasteiger partial charge is 0.378 e. The number of nitro groups is 1. The molecule has 1 aromatic carbocycles. The number of aryl methyl sites for hydroxylation is 1. The molecule has 4 nitrogen and oxygen atoms in total. The Labute approximate surface area is 99.6 Å². The van der Waals surface area contributed by atoms with Crippen molar-refractivity contribution in [3.8, 4) is 0 Å². The standard InChI is InChI=1S/C11H16N2O2S/c1-8-4-5-11(13(14)15)10(6-8)12-7-9(2)16-3/h4-6,9,12H,7H2,1-3H3. The van der Waals surface area contributed by atoms with E-state index < -0.39 is 0 Å². The van der Waals surface area contributed by atoms with Gasteiger partial charge in [0.1, 0.15) is 5.69 Å². The fourth-order valence-electron chi connectivity index (χ4n) is 1.29. The molecule has 88 valence electrons. The number of benzene rings is 1. The molecule has 1 atom stereocenters. The van der Waals surface area contributed by atoms with E-state index in [9.17, 15) is 10.1 Å². The third kappa shape index (κ3) is 3.41. The molecule has 1 N–H and O–H groups in total. The van der Waals surface area contributed by atoms with Gasteiger partial charge in [0.15, 0.2) is 0 Å². The van der Waals surface area contributed by atoms with Crippen molar-refractivity contribution in [1.82, 2.24) is 0 Å². The molecule has 0 radical (unpaired) electrons. The maximum atomic E-state index is 10.8. The van der Waals surface area contributed by atoms with Gasteiger partial charge in [0.2, 0.25) is 0 Å². The zero-order valence-electron chi connectivity index (χ0n) is 9.69. The SMILES string of the molecule is CSC(C)CNc1cc(C)ccc1[N+](=O)[O-]. The first-order chi connectivity index (χ1) is 7.54. The summed E-state index contributed by atoms with van der Waals surface area (Å²) in [5.74, 6) is 0. The summed E-state index contributed by atoms with van der Waals surface area (Å²) in [4.78, 5) is 10.5. The van der Waals surface area contributed by atoms with Crippen LogP contribution < -0.4 is 5.32 Å². The smallest absolute Gasteiger partial charge is 0.292 e. The molecule has 5 heteroatoms. The predicted molar refractivity (Wildman–Crippen MR) is 69.3 cm³/mol. The van der Waals surface area contributed by atoms with Gasteiger partial charge in [0.25, 0.3) is 5.69 Å². The van der Waals surface area contributed by atoms with E-state index in [-0.39, 0.29) is 10.6 Å². The summed E-state index contributed by atoms with van der Waals surface area (Å²) >= 11 is 1.73. The Morgan fingerprint density at radius 1 is 1.56 bits per heavy atom. The summed E-state index contributed by atoms with van der Waals surface area (Å²) in [5, 5.41) is 14.4. The molecular weight excluding hydrogens is 224 g/mol. The minimum atomic E-state index is -0.356. The van der Waals surface area contributed by atoms with E-state index >= 15 is 0 Å². The molecule has 0 spiro atoms. The Morgan fingerprint density at radius 3 is 2.81 bits per heavy atom. The number of hydrogen-bond donors (Lipinski definition) is 1. The highest BCUT2D eigenvalue weighted by molar-refractivity contribution is 7.99. The summed E-state index contributed by atoms with van der Waals surface area (Å²) in [7, 11) is 0. The van der Waals surface area contributed by atoms with Gasteiger partial charge >= 0.3 is 0 Å². The van der Waals surface area contributed by atoms with Gasteiger partial charge in [-0.3, -0.25) is 10.1 Å². The second-order valence-electron chi connectivity index (χ2n) is 3.70. The van der Waals surface area contributed by atoms with Gasteiger partial charge in [-0.2, -0.15) is 11.8 Å². The van der Waals surface area contributed by atoms with Gasteiger partial charge in [-0.15, -0.1) is 0 Å². The van der Waals surface area contributed by atoms with Crippen molar-refractivity contribution >= 4 is 23.1 Å². The maximum absolute atomic E-state index is 10.8. The van der Waals surface area contributed by atoms with Crippen LogP contribution in [0.15, 0.2) is 18.2 Å². The fourth-order valence-corrected chi connectivity index (χ4v) is 1.54. The second-order valence-corrected chi connectivity index (χ2v) is 4.98. The molecule has 1 aromatic rings. The van der Waals surface area contributed by atoms with E-state index in [0.29, 0.717) is 10.9 Å². The first-order valence-electron chi connectivity index (χ1n) is 5.06. The zero-order valence-corrected chi connectivity index (χ0v) is 10.5. The first-order valence-corrected chi connectivity index (χ1v) is 6.35. The van der Waals surface area contributed by atoms with Crippen molar-refractivity contribution in [2.75, 3.05) is 18.1 Å². The van der Waals surface area contributed by atoms with Crippen molar-refractivity contribution in [1.29, 1.82) is 0 Å². The van der Waals surface area contributed by atoms with Crippen LogP contribution in [0.2, 0.25) is 0 Å². The Morgan fingerprint density at radius 2 is 2.25 bits per heavy atom. The molecule has 0 bridgehead atoms. The van der Waals surface area contributed by atoms with Crippen molar-refractivity contribution < 1.29 is 4.92 Å². The molecule has 0 heterocycles. The Balaban J connectivity index is 2.84. The van der Waals surface area contributed by atoms with E-state index in [2.05, 4.69) is 12.2 Å². The number of nitrogens with one attached hydrogen (secondary N) is 1. The van der Waals surface area contributed by atoms with Crippen LogP contribution in [0.1, 0.15) is 12.5 Å². The first kappa shape index (κ1) is 12.8. The normalized spacial score (nSPS) is 12.2. The Bertz CT molecular complexity index is 382. The van der Waals surface area contributed by atoms with Crippen molar-refractivity contribution in [3.63, 3.8) is 0 Å². The minimum Gasteiger partial charge on any atom is -0.378 e. The minimum absolute atomic E-state index is 0.138. The van der Waals surface area contributed by atoms with E-state index in [1.54, 1.807) is 23.9 Å². The van der Waals surface area contributed by atoms with E-state index in [4.69, 9.17) is 0 Å². The lowest BCUT2D eigenvalue weighted by Gasteiger charge is -2.11. The van der Waals surface area contributed by atoms with Crippen LogP contribution in [0.25, 0.3) is 0 Å². The lowest BCUT2D eigenvalue weighted by atomic mass is 10.2. The van der Waals surface area contributed by atoms with Crippen LogP contribution in [0, 0.1) is 17.0 Å². The number of thioether (sulfide) groups is 1. The highest BCUT2D eigenvalue weighted by atomic mass is 32.2. The lowest BCUT2D eigenvalue weighted by Crippen LogP contribution is -2.13. The number of hydrogen-bond acceptors (Lipinski definition) is 4. The predicted octanol–water partition coefficient (Wildman–Crippen LogP) is 3.07. The van der Waals surface area contributed by atoms with Crippen LogP contribution in [0.5, 0.6) is 0 Å². The van der Waals surface area contributed by atoms with Gasteiger partial charge in [-0.05, 0) is 24.8 Å². The number of nitro benzene ring substituents is 1. The molecule has 0 saturated carbocycles. The third-order valence-electron chi connectivity index (χ3n) is 2.33. The molecule has 0 aliphatic heterocycles. The summed E-state index contributed by atoms with van der Waals surface area (Å²) in [6.45, 7) is 4.73. The monoisotopic (exact) mass is 240 g/mol. The molecule has 0 fully saturated rings.